The van der Waals surface area contributed by atoms with E-state index < -0.39 is 11.6 Å². The van der Waals surface area contributed by atoms with E-state index in [9.17, 15) is 18.0 Å². The molecule has 0 unspecified atom stereocenters. The lowest BCUT2D eigenvalue weighted by atomic mass is 10.2. The largest absolute Gasteiger partial charge is 0.284 e. The van der Waals surface area contributed by atoms with Gasteiger partial charge in [-0.25, -0.2) is 18.2 Å². The molecule has 2 heterocycles. The second-order valence-electron chi connectivity index (χ2n) is 6.62. The zero-order valence-electron chi connectivity index (χ0n) is 16.1. The summed E-state index contributed by atoms with van der Waals surface area (Å²) in [4.78, 5) is 23.7. The van der Waals surface area contributed by atoms with Gasteiger partial charge in [-0.15, -0.1) is 11.8 Å². The van der Waals surface area contributed by atoms with Crippen LogP contribution in [0, 0.1) is 17.5 Å². The van der Waals surface area contributed by atoms with Crippen molar-refractivity contribution in [2.24, 2.45) is 0 Å². The molecule has 1 amide bonds. The number of amides is 1. The highest BCUT2D eigenvalue weighted by Crippen LogP contribution is 2.32. The molecule has 4 nitrogen and oxygen atoms in total. The van der Waals surface area contributed by atoms with Crippen LogP contribution in [0.15, 0.2) is 65.8 Å². The number of carbonyl (C=O) groups excluding carboxylic acids is 1. The van der Waals surface area contributed by atoms with Crippen LogP contribution < -0.4 is 4.90 Å². The van der Waals surface area contributed by atoms with Gasteiger partial charge in [-0.1, -0.05) is 17.4 Å². The second-order valence-corrected chi connectivity index (χ2v) is 8.80. The number of benzene rings is 2. The molecule has 0 radical (unpaired) electrons. The standard InChI is InChI=1S/C22H16F3N3OS2/c23-15-3-5-17(6-4-15)30-9-7-20(29)28(13-14-2-1-8-26-12-14)22-27-21-18(25)10-16(24)11-19(21)31-22/h1-6,8,10-12H,7,9,13H2. The number of carbonyl (C=O) groups is 1. The molecule has 0 N–H and O–H groups in total. The highest BCUT2D eigenvalue weighted by atomic mass is 32.2. The maximum absolute atomic E-state index is 14.1. The van der Waals surface area contributed by atoms with Crippen molar-refractivity contribution in [2.75, 3.05) is 10.7 Å². The molecule has 158 valence electrons. The van der Waals surface area contributed by atoms with Crippen LogP contribution in [0.3, 0.4) is 0 Å². The molecule has 0 saturated carbocycles. The molecule has 0 aliphatic heterocycles. The summed E-state index contributed by atoms with van der Waals surface area (Å²) >= 11 is 2.49. The van der Waals surface area contributed by atoms with Gasteiger partial charge >= 0.3 is 0 Å². The van der Waals surface area contributed by atoms with Gasteiger partial charge in [0.15, 0.2) is 10.9 Å². The highest BCUT2D eigenvalue weighted by molar-refractivity contribution is 7.99. The van der Waals surface area contributed by atoms with Gasteiger partial charge in [0.25, 0.3) is 0 Å². The van der Waals surface area contributed by atoms with E-state index >= 15 is 0 Å². The predicted octanol–water partition coefficient (Wildman–Crippen LogP) is 5.82. The van der Waals surface area contributed by atoms with E-state index in [-0.39, 0.29) is 30.2 Å². The first-order valence-electron chi connectivity index (χ1n) is 9.33. The predicted molar refractivity (Wildman–Crippen MR) is 117 cm³/mol. The Morgan fingerprint density at radius 1 is 1.06 bits per heavy atom. The summed E-state index contributed by atoms with van der Waals surface area (Å²) in [5.74, 6) is -1.51. The van der Waals surface area contributed by atoms with E-state index in [1.807, 2.05) is 6.07 Å². The average Bonchev–Trinajstić information content (AvgIpc) is 3.18. The molecule has 0 aliphatic carbocycles. The fourth-order valence-corrected chi connectivity index (χ4v) is 4.78. The van der Waals surface area contributed by atoms with Crippen LogP contribution in [0.2, 0.25) is 0 Å². The quantitative estimate of drug-likeness (QED) is 0.327. The Balaban J connectivity index is 1.55. The lowest BCUT2D eigenvalue weighted by molar-refractivity contribution is -0.118. The lowest BCUT2D eigenvalue weighted by Gasteiger charge is -2.20. The fraction of sp³-hybridized carbons (Fsp3) is 0.136. The molecule has 31 heavy (non-hydrogen) atoms. The van der Waals surface area contributed by atoms with Crippen LogP contribution >= 0.6 is 23.1 Å². The number of hydrogen-bond acceptors (Lipinski definition) is 5. The van der Waals surface area contributed by atoms with Crippen molar-refractivity contribution >= 4 is 44.4 Å². The number of anilines is 1. The summed E-state index contributed by atoms with van der Waals surface area (Å²) in [6, 6.07) is 11.6. The van der Waals surface area contributed by atoms with Crippen LogP contribution in [0.25, 0.3) is 10.2 Å². The third kappa shape index (κ3) is 5.23. The molecular formula is C22H16F3N3OS2. The van der Waals surface area contributed by atoms with Crippen molar-refractivity contribution in [2.45, 2.75) is 17.9 Å². The highest BCUT2D eigenvalue weighted by Gasteiger charge is 2.21. The van der Waals surface area contributed by atoms with E-state index in [0.717, 1.165) is 27.9 Å². The number of pyridine rings is 1. The molecule has 9 heteroatoms. The number of hydrogen-bond donors (Lipinski definition) is 0. The van der Waals surface area contributed by atoms with Gasteiger partial charge in [-0.2, -0.15) is 0 Å². The van der Waals surface area contributed by atoms with Gasteiger partial charge in [-0.05, 0) is 42.0 Å². The molecular weight excluding hydrogens is 443 g/mol. The lowest BCUT2D eigenvalue weighted by Crippen LogP contribution is -2.30. The van der Waals surface area contributed by atoms with Crippen LogP contribution in [-0.2, 0) is 11.3 Å². The third-order valence-corrected chi connectivity index (χ3v) is 6.43. The van der Waals surface area contributed by atoms with Gasteiger partial charge < -0.3 is 0 Å². The molecule has 4 aromatic rings. The van der Waals surface area contributed by atoms with Crippen LogP contribution in [0.1, 0.15) is 12.0 Å². The van der Waals surface area contributed by atoms with Crippen molar-refractivity contribution in [3.8, 4) is 0 Å². The number of nitrogens with zero attached hydrogens (tertiary/aromatic N) is 3. The normalized spacial score (nSPS) is 11.1. The van der Waals surface area contributed by atoms with Crippen LogP contribution in [0.4, 0.5) is 18.3 Å². The minimum Gasteiger partial charge on any atom is -0.284 e. The van der Waals surface area contributed by atoms with Crippen molar-refractivity contribution in [1.29, 1.82) is 0 Å². The molecule has 0 fully saturated rings. The number of rotatable bonds is 7. The van der Waals surface area contributed by atoms with E-state index in [4.69, 9.17) is 0 Å². The summed E-state index contributed by atoms with van der Waals surface area (Å²) < 4.78 is 41.1. The van der Waals surface area contributed by atoms with Gasteiger partial charge in [0, 0.05) is 35.5 Å². The van der Waals surface area contributed by atoms with E-state index in [1.54, 1.807) is 30.6 Å². The number of halogens is 3. The van der Waals surface area contributed by atoms with Crippen LogP contribution in [-0.4, -0.2) is 21.6 Å². The zero-order chi connectivity index (χ0) is 21.8. The molecule has 2 aromatic heterocycles. The molecule has 4 rings (SSSR count). The van der Waals surface area contributed by atoms with E-state index in [0.29, 0.717) is 15.6 Å². The summed E-state index contributed by atoms with van der Waals surface area (Å²) in [6.07, 6.45) is 3.46. The van der Waals surface area contributed by atoms with Gasteiger partial charge in [0.2, 0.25) is 5.91 Å². The molecule has 0 spiro atoms. The SMILES string of the molecule is O=C(CCSc1ccc(F)cc1)N(Cc1cccnc1)c1nc2c(F)cc(F)cc2s1. The van der Waals surface area contributed by atoms with Crippen LogP contribution in [0.5, 0.6) is 0 Å². The van der Waals surface area contributed by atoms with E-state index in [1.165, 1.54) is 34.9 Å². The number of aromatic nitrogens is 2. The fourth-order valence-electron chi connectivity index (χ4n) is 2.92. The summed E-state index contributed by atoms with van der Waals surface area (Å²) in [5, 5.41) is 0.292. The number of thioether (sulfide) groups is 1. The minimum atomic E-state index is -0.766. The Bertz CT molecular complexity index is 1200. The Hall–Kier alpha value is -2.91. The summed E-state index contributed by atoms with van der Waals surface area (Å²) in [7, 11) is 0. The number of thiazole rings is 1. The Kier molecular flexibility index (Phi) is 6.53. The first-order valence-corrected chi connectivity index (χ1v) is 11.1. The monoisotopic (exact) mass is 459 g/mol. The zero-order valence-corrected chi connectivity index (χ0v) is 17.7. The minimum absolute atomic E-state index is 0.0334. The van der Waals surface area contributed by atoms with Crippen molar-refractivity contribution in [3.63, 3.8) is 0 Å². The summed E-state index contributed by atoms with van der Waals surface area (Å²) in [5.41, 5.74) is 0.819. The number of fused-ring (bicyclic) bond motifs is 1. The van der Waals surface area contributed by atoms with Gasteiger partial charge in [0.05, 0.1) is 11.2 Å². The maximum Gasteiger partial charge on any atom is 0.229 e. The first kappa shape index (κ1) is 21.3. The summed E-state index contributed by atoms with van der Waals surface area (Å²) in [6.45, 7) is 0.206. The maximum atomic E-state index is 14.1. The van der Waals surface area contributed by atoms with Gasteiger partial charge in [0.1, 0.15) is 17.2 Å². The third-order valence-electron chi connectivity index (χ3n) is 4.40. The topological polar surface area (TPSA) is 46.1 Å². The van der Waals surface area contributed by atoms with Crippen molar-refractivity contribution in [3.05, 3.63) is 83.9 Å². The van der Waals surface area contributed by atoms with E-state index in [2.05, 4.69) is 9.97 Å². The smallest absolute Gasteiger partial charge is 0.229 e. The Morgan fingerprint density at radius 3 is 2.61 bits per heavy atom. The van der Waals surface area contributed by atoms with Crippen molar-refractivity contribution in [1.82, 2.24) is 9.97 Å². The Morgan fingerprint density at radius 2 is 1.87 bits per heavy atom. The molecule has 0 saturated heterocycles. The molecule has 0 bridgehead atoms. The average molecular weight is 460 g/mol. The Labute approximate surface area is 184 Å². The van der Waals surface area contributed by atoms with Gasteiger partial charge in [-0.3, -0.25) is 14.7 Å². The van der Waals surface area contributed by atoms with Crippen molar-refractivity contribution < 1.29 is 18.0 Å². The molecule has 0 atom stereocenters. The molecule has 2 aromatic carbocycles. The molecule has 0 aliphatic rings. The first-order chi connectivity index (χ1) is 15.0. The second kappa shape index (κ2) is 9.49.